The van der Waals surface area contributed by atoms with Gasteiger partial charge >= 0.3 is 0 Å². The van der Waals surface area contributed by atoms with E-state index in [1.54, 1.807) is 0 Å². The zero-order valence-corrected chi connectivity index (χ0v) is 12.2. The van der Waals surface area contributed by atoms with Crippen molar-refractivity contribution in [2.75, 3.05) is 18.5 Å². The van der Waals surface area contributed by atoms with Crippen molar-refractivity contribution in [2.45, 2.75) is 40.2 Å². The topological polar surface area (TPSA) is 47.6 Å². The molecule has 0 fully saturated rings. The molecule has 0 saturated heterocycles. The molecule has 4 heteroatoms. The van der Waals surface area contributed by atoms with Crippen molar-refractivity contribution in [3.8, 4) is 5.75 Å². The number of ether oxygens (including phenoxy) is 2. The van der Waals surface area contributed by atoms with Gasteiger partial charge in [0, 0.05) is 0 Å². The van der Waals surface area contributed by atoms with Crippen LogP contribution in [0.1, 0.15) is 32.8 Å². The second kappa shape index (κ2) is 7.79. The molecule has 1 aromatic carbocycles. The number of hydrogen-bond donors (Lipinski definition) is 1. The first-order chi connectivity index (χ1) is 9.02. The van der Waals surface area contributed by atoms with Gasteiger partial charge in [-0.15, -0.1) is 0 Å². The van der Waals surface area contributed by atoms with Gasteiger partial charge in [-0.1, -0.05) is 13.0 Å². The Morgan fingerprint density at radius 3 is 2.74 bits per heavy atom. The molecule has 0 radical (unpaired) electrons. The minimum atomic E-state index is -0.168. The van der Waals surface area contributed by atoms with Crippen molar-refractivity contribution < 1.29 is 14.3 Å². The largest absolute Gasteiger partial charge is 0.491 e. The first kappa shape index (κ1) is 15.5. The Morgan fingerprint density at radius 1 is 1.37 bits per heavy atom. The summed E-state index contributed by atoms with van der Waals surface area (Å²) in [6, 6.07) is 5.72. The highest BCUT2D eigenvalue weighted by molar-refractivity contribution is 5.93. The van der Waals surface area contributed by atoms with E-state index in [-0.39, 0.29) is 18.6 Å². The Kier molecular flexibility index (Phi) is 6.36. The minimum absolute atomic E-state index is 0.0413. The summed E-state index contributed by atoms with van der Waals surface area (Å²) < 4.78 is 10.9. The quantitative estimate of drug-likeness (QED) is 0.824. The molecule has 0 aromatic heterocycles. The van der Waals surface area contributed by atoms with E-state index in [1.165, 1.54) is 0 Å². The van der Waals surface area contributed by atoms with Crippen LogP contribution in [0.3, 0.4) is 0 Å². The summed E-state index contributed by atoms with van der Waals surface area (Å²) in [4.78, 5) is 11.7. The first-order valence-corrected chi connectivity index (χ1v) is 6.67. The average Bonchev–Trinajstić information content (AvgIpc) is 2.36. The molecule has 0 unspecified atom stereocenters. The molecule has 106 valence electrons. The van der Waals surface area contributed by atoms with Crippen LogP contribution in [0.25, 0.3) is 0 Å². The van der Waals surface area contributed by atoms with Crippen molar-refractivity contribution in [2.24, 2.45) is 0 Å². The Morgan fingerprint density at radius 2 is 2.11 bits per heavy atom. The van der Waals surface area contributed by atoms with Gasteiger partial charge in [-0.25, -0.2) is 0 Å². The summed E-state index contributed by atoms with van der Waals surface area (Å²) >= 11 is 0. The molecule has 0 aliphatic heterocycles. The van der Waals surface area contributed by atoms with E-state index >= 15 is 0 Å². The standard InChI is InChI=1S/C15H23NO3/c1-5-8-18-14-9-12(4)6-7-13(14)16-15(17)10-19-11(2)3/h6-7,9,11H,5,8,10H2,1-4H3,(H,16,17). The fourth-order valence-corrected chi connectivity index (χ4v) is 1.49. The Hall–Kier alpha value is -1.55. The molecule has 1 aromatic rings. The molecule has 1 amide bonds. The first-order valence-electron chi connectivity index (χ1n) is 6.67. The third kappa shape index (κ3) is 5.75. The third-order valence-corrected chi connectivity index (χ3v) is 2.42. The second-order valence-electron chi connectivity index (χ2n) is 4.76. The summed E-state index contributed by atoms with van der Waals surface area (Å²) in [6.45, 7) is 8.52. The van der Waals surface area contributed by atoms with E-state index in [0.717, 1.165) is 12.0 Å². The number of rotatable bonds is 7. The van der Waals surface area contributed by atoms with Crippen LogP contribution < -0.4 is 10.1 Å². The molecule has 0 saturated carbocycles. The highest BCUT2D eigenvalue weighted by Crippen LogP contribution is 2.25. The predicted octanol–water partition coefficient (Wildman–Crippen LogP) is 3.15. The number of aryl methyl sites for hydroxylation is 1. The van der Waals surface area contributed by atoms with Crippen LogP contribution in [0, 0.1) is 6.92 Å². The predicted molar refractivity (Wildman–Crippen MR) is 76.7 cm³/mol. The average molecular weight is 265 g/mol. The van der Waals surface area contributed by atoms with Gasteiger partial charge in [-0.3, -0.25) is 4.79 Å². The number of anilines is 1. The summed E-state index contributed by atoms with van der Waals surface area (Å²) in [5.74, 6) is 0.540. The lowest BCUT2D eigenvalue weighted by Gasteiger charge is -2.13. The van der Waals surface area contributed by atoms with Gasteiger partial charge in [0.25, 0.3) is 0 Å². The maximum absolute atomic E-state index is 11.7. The fourth-order valence-electron chi connectivity index (χ4n) is 1.49. The third-order valence-electron chi connectivity index (χ3n) is 2.42. The fraction of sp³-hybridized carbons (Fsp3) is 0.533. The molecule has 0 heterocycles. The Bertz CT molecular complexity index is 416. The van der Waals surface area contributed by atoms with Crippen LogP contribution in [0.4, 0.5) is 5.69 Å². The van der Waals surface area contributed by atoms with E-state index < -0.39 is 0 Å². The lowest BCUT2D eigenvalue weighted by Crippen LogP contribution is -2.21. The summed E-state index contributed by atoms with van der Waals surface area (Å²) in [7, 11) is 0. The molecule has 19 heavy (non-hydrogen) atoms. The van der Waals surface area contributed by atoms with Gasteiger partial charge in [-0.05, 0) is 44.9 Å². The number of carbonyl (C=O) groups excluding carboxylic acids is 1. The van der Waals surface area contributed by atoms with Crippen LogP contribution in [0.2, 0.25) is 0 Å². The van der Waals surface area contributed by atoms with Crippen LogP contribution in [-0.2, 0) is 9.53 Å². The molecule has 0 spiro atoms. The van der Waals surface area contributed by atoms with Crippen molar-refractivity contribution in [3.63, 3.8) is 0 Å². The Labute approximate surface area is 115 Å². The van der Waals surface area contributed by atoms with E-state index in [1.807, 2.05) is 45.9 Å². The van der Waals surface area contributed by atoms with E-state index in [0.29, 0.717) is 18.0 Å². The van der Waals surface area contributed by atoms with Crippen molar-refractivity contribution in [1.29, 1.82) is 0 Å². The lowest BCUT2D eigenvalue weighted by molar-refractivity contribution is -0.121. The zero-order chi connectivity index (χ0) is 14.3. The van der Waals surface area contributed by atoms with Crippen LogP contribution in [-0.4, -0.2) is 25.2 Å². The zero-order valence-electron chi connectivity index (χ0n) is 12.2. The van der Waals surface area contributed by atoms with E-state index in [4.69, 9.17) is 9.47 Å². The molecule has 1 N–H and O–H groups in total. The number of nitrogens with one attached hydrogen (secondary N) is 1. The maximum atomic E-state index is 11.7. The highest BCUT2D eigenvalue weighted by atomic mass is 16.5. The smallest absolute Gasteiger partial charge is 0.250 e. The molecular formula is C15H23NO3. The van der Waals surface area contributed by atoms with Crippen LogP contribution >= 0.6 is 0 Å². The molecule has 4 nitrogen and oxygen atoms in total. The van der Waals surface area contributed by atoms with Gasteiger partial charge in [0.15, 0.2) is 0 Å². The Balaban J connectivity index is 2.68. The SMILES string of the molecule is CCCOc1cc(C)ccc1NC(=O)COC(C)C. The van der Waals surface area contributed by atoms with Crippen LogP contribution in [0.5, 0.6) is 5.75 Å². The van der Waals surface area contributed by atoms with Crippen LogP contribution in [0.15, 0.2) is 18.2 Å². The molecule has 0 aliphatic carbocycles. The van der Waals surface area contributed by atoms with Gasteiger partial charge in [0.1, 0.15) is 12.4 Å². The monoisotopic (exact) mass is 265 g/mol. The van der Waals surface area contributed by atoms with Gasteiger partial charge in [0.05, 0.1) is 18.4 Å². The van der Waals surface area contributed by atoms with Gasteiger partial charge in [-0.2, -0.15) is 0 Å². The van der Waals surface area contributed by atoms with Crippen molar-refractivity contribution in [1.82, 2.24) is 0 Å². The molecule has 0 bridgehead atoms. The minimum Gasteiger partial charge on any atom is -0.491 e. The summed E-state index contributed by atoms with van der Waals surface area (Å²) in [6.07, 6.45) is 0.970. The number of amides is 1. The van der Waals surface area contributed by atoms with E-state index in [9.17, 15) is 4.79 Å². The second-order valence-corrected chi connectivity index (χ2v) is 4.76. The van der Waals surface area contributed by atoms with Gasteiger partial charge < -0.3 is 14.8 Å². The molecule has 1 rings (SSSR count). The van der Waals surface area contributed by atoms with E-state index in [2.05, 4.69) is 5.32 Å². The molecular weight excluding hydrogens is 242 g/mol. The summed E-state index contributed by atoms with van der Waals surface area (Å²) in [5, 5.41) is 2.81. The molecule has 0 atom stereocenters. The molecule has 0 aliphatic rings. The summed E-state index contributed by atoms with van der Waals surface area (Å²) in [5.41, 5.74) is 1.79. The van der Waals surface area contributed by atoms with Crippen molar-refractivity contribution >= 4 is 11.6 Å². The lowest BCUT2D eigenvalue weighted by atomic mass is 10.2. The number of carbonyl (C=O) groups is 1. The number of hydrogen-bond acceptors (Lipinski definition) is 3. The van der Waals surface area contributed by atoms with Gasteiger partial charge in [0.2, 0.25) is 5.91 Å². The normalized spacial score (nSPS) is 10.6. The maximum Gasteiger partial charge on any atom is 0.250 e. The highest BCUT2D eigenvalue weighted by Gasteiger charge is 2.09. The number of benzene rings is 1. The van der Waals surface area contributed by atoms with Crippen molar-refractivity contribution in [3.05, 3.63) is 23.8 Å².